The van der Waals surface area contributed by atoms with Gasteiger partial charge in [-0.15, -0.1) is 0 Å². The lowest BCUT2D eigenvalue weighted by atomic mass is 9.33. The largest absolute Gasteiger partial charge is 0.311 e. The first-order valence-electron chi connectivity index (χ1n) is 31.3. The molecule has 0 saturated carbocycles. The van der Waals surface area contributed by atoms with Gasteiger partial charge in [-0.2, -0.15) is 0 Å². The van der Waals surface area contributed by atoms with Gasteiger partial charge in [-0.05, 0) is 130 Å². The van der Waals surface area contributed by atoms with Crippen LogP contribution < -0.4 is 67.7 Å². The Labute approximate surface area is 528 Å². The molecule has 0 spiro atoms. The van der Waals surface area contributed by atoms with E-state index in [0.29, 0.717) is 0 Å². The molecule has 0 atom stereocenters. The summed E-state index contributed by atoms with van der Waals surface area (Å²) in [6.45, 7) is -0.146. The molecular formula is C84H60BN3Si2. The van der Waals surface area contributed by atoms with Crippen LogP contribution >= 0.6 is 0 Å². The summed E-state index contributed by atoms with van der Waals surface area (Å²) in [4.78, 5) is 5.18. The van der Waals surface area contributed by atoms with Crippen LogP contribution in [0.2, 0.25) is 0 Å². The number of rotatable bonds is 12. The SMILES string of the molecule is c1ccc(-c2ccc(N3c4ccc([Si](c5ccccc5)(c5ccccc5)c5ccccc5)cc4B4c5ccccc5N(c5ccc([Si](c6ccccc6)(c6ccccc6)c6ccccc6)cc5)c5cc(-n6c7ccccc7c7ccccc76)cc3c54)cc2)cc1. The molecular weight excluding hydrogens is 1120 g/mol. The second kappa shape index (κ2) is 22.0. The lowest BCUT2D eigenvalue weighted by Crippen LogP contribution is -2.75. The Morgan fingerprint density at radius 2 is 0.556 bits per heavy atom. The summed E-state index contributed by atoms with van der Waals surface area (Å²) in [6, 6.07) is 137. The summed E-state index contributed by atoms with van der Waals surface area (Å²) >= 11 is 0. The van der Waals surface area contributed by atoms with Gasteiger partial charge in [0, 0.05) is 44.9 Å². The van der Waals surface area contributed by atoms with Crippen molar-refractivity contribution >= 4 is 137 Å². The minimum Gasteiger partial charge on any atom is -0.311 e. The van der Waals surface area contributed by atoms with E-state index in [0.717, 1.165) is 28.4 Å². The highest BCUT2D eigenvalue weighted by Gasteiger charge is 2.48. The maximum absolute atomic E-state index is 3.01. The number of fused-ring (bicyclic) bond motifs is 7. The molecule has 0 unspecified atom stereocenters. The molecule has 0 radical (unpaired) electrons. The first-order chi connectivity index (χ1) is 44.7. The highest BCUT2D eigenvalue weighted by atomic mass is 28.3. The third-order valence-electron chi connectivity index (χ3n) is 19.3. The fourth-order valence-electron chi connectivity index (χ4n) is 15.5. The van der Waals surface area contributed by atoms with Crippen molar-refractivity contribution in [1.29, 1.82) is 0 Å². The van der Waals surface area contributed by atoms with Crippen LogP contribution in [-0.4, -0.2) is 27.4 Å². The predicted octanol–water partition coefficient (Wildman–Crippen LogP) is 13.3. The second-order valence-corrected chi connectivity index (χ2v) is 31.5. The molecule has 0 N–H and O–H groups in total. The molecule has 14 aromatic carbocycles. The zero-order valence-electron chi connectivity index (χ0n) is 49.6. The monoisotopic (exact) mass is 1180 g/mol. The van der Waals surface area contributed by atoms with Crippen molar-refractivity contribution in [3.63, 3.8) is 0 Å². The molecule has 0 bridgehead atoms. The average molecular weight is 1180 g/mol. The molecule has 90 heavy (non-hydrogen) atoms. The first kappa shape index (κ1) is 53.2. The van der Waals surface area contributed by atoms with Gasteiger partial charge < -0.3 is 14.4 Å². The van der Waals surface area contributed by atoms with E-state index >= 15 is 0 Å². The second-order valence-electron chi connectivity index (χ2n) is 23.9. The maximum Gasteiger partial charge on any atom is 0.252 e. The van der Waals surface area contributed by atoms with Crippen molar-refractivity contribution in [2.75, 3.05) is 9.80 Å². The van der Waals surface area contributed by atoms with Crippen molar-refractivity contribution in [2.45, 2.75) is 0 Å². The Morgan fingerprint density at radius 1 is 0.222 bits per heavy atom. The van der Waals surface area contributed by atoms with Crippen LogP contribution in [0, 0.1) is 0 Å². The average Bonchev–Trinajstić information content (AvgIpc) is 0.749. The van der Waals surface area contributed by atoms with E-state index in [-0.39, 0.29) is 6.71 Å². The number of hydrogen-bond donors (Lipinski definition) is 0. The van der Waals surface area contributed by atoms with Gasteiger partial charge in [-0.25, -0.2) is 0 Å². The van der Waals surface area contributed by atoms with Crippen molar-refractivity contribution < 1.29 is 0 Å². The molecule has 0 saturated heterocycles. The molecule has 0 aliphatic carbocycles. The van der Waals surface area contributed by atoms with Crippen molar-refractivity contribution in [1.82, 2.24) is 4.57 Å². The van der Waals surface area contributed by atoms with Crippen LogP contribution in [0.5, 0.6) is 0 Å². The van der Waals surface area contributed by atoms with Gasteiger partial charge in [0.1, 0.15) is 0 Å². The van der Waals surface area contributed by atoms with Gasteiger partial charge in [-0.3, -0.25) is 0 Å². The number of hydrogen-bond acceptors (Lipinski definition) is 2. The molecule has 1 aromatic heterocycles. The Kier molecular flexibility index (Phi) is 13.0. The normalized spacial score (nSPS) is 12.6. The smallest absolute Gasteiger partial charge is 0.252 e. The molecule has 0 fully saturated rings. The van der Waals surface area contributed by atoms with Crippen molar-refractivity contribution in [3.8, 4) is 16.8 Å². The third-order valence-corrected chi connectivity index (χ3v) is 28.8. The molecule has 3 nitrogen and oxygen atoms in total. The quantitative estimate of drug-likeness (QED) is 0.0892. The Morgan fingerprint density at radius 3 is 1.01 bits per heavy atom. The van der Waals surface area contributed by atoms with E-state index in [2.05, 4.69) is 378 Å². The molecule has 2 aliphatic rings. The van der Waals surface area contributed by atoms with Crippen LogP contribution in [0.15, 0.2) is 364 Å². The number of aromatic nitrogens is 1. The van der Waals surface area contributed by atoms with Gasteiger partial charge in [0.05, 0.1) is 16.7 Å². The topological polar surface area (TPSA) is 11.4 Å². The highest BCUT2D eigenvalue weighted by Crippen LogP contribution is 2.46. The fraction of sp³-hybridized carbons (Fsp3) is 0. The third kappa shape index (κ3) is 8.33. The van der Waals surface area contributed by atoms with Gasteiger partial charge in [0.25, 0.3) is 6.71 Å². The van der Waals surface area contributed by atoms with Crippen LogP contribution in [-0.2, 0) is 0 Å². The summed E-state index contributed by atoms with van der Waals surface area (Å²) in [5.74, 6) is 0. The van der Waals surface area contributed by atoms with E-state index in [9.17, 15) is 0 Å². The van der Waals surface area contributed by atoms with E-state index in [1.807, 2.05) is 0 Å². The number of anilines is 6. The van der Waals surface area contributed by atoms with E-state index in [4.69, 9.17) is 0 Å². The minimum absolute atomic E-state index is 0.146. The van der Waals surface area contributed by atoms with Gasteiger partial charge in [0.15, 0.2) is 16.1 Å². The van der Waals surface area contributed by atoms with Gasteiger partial charge in [0.2, 0.25) is 0 Å². The Hall–Kier alpha value is -11.0. The summed E-state index contributed by atoms with van der Waals surface area (Å²) in [7, 11) is -5.88. The van der Waals surface area contributed by atoms with E-state index < -0.39 is 16.1 Å². The van der Waals surface area contributed by atoms with Crippen LogP contribution in [0.25, 0.3) is 38.6 Å². The van der Waals surface area contributed by atoms with Gasteiger partial charge >= 0.3 is 0 Å². The minimum atomic E-state index is -3.01. The fourth-order valence-corrected chi connectivity index (χ4v) is 25.0. The van der Waals surface area contributed by atoms with Crippen LogP contribution in [0.4, 0.5) is 34.1 Å². The first-order valence-corrected chi connectivity index (χ1v) is 35.3. The summed E-state index contributed by atoms with van der Waals surface area (Å²) in [5.41, 5.74) is 16.5. The van der Waals surface area contributed by atoms with Crippen molar-refractivity contribution in [3.05, 3.63) is 364 Å². The number of benzene rings is 14. The Bertz CT molecular complexity index is 4860. The molecule has 15 aromatic rings. The summed E-state index contributed by atoms with van der Waals surface area (Å²) < 4.78 is 2.51. The zero-order chi connectivity index (χ0) is 59.6. The molecule has 17 rings (SSSR count). The molecule has 422 valence electrons. The van der Waals surface area contributed by atoms with Crippen LogP contribution in [0.1, 0.15) is 0 Å². The number of para-hydroxylation sites is 3. The van der Waals surface area contributed by atoms with Crippen LogP contribution in [0.3, 0.4) is 0 Å². The summed E-state index contributed by atoms with van der Waals surface area (Å²) in [6.07, 6.45) is 0. The molecule has 3 heterocycles. The summed E-state index contributed by atoms with van der Waals surface area (Å²) in [5, 5.41) is 13.2. The van der Waals surface area contributed by atoms with Crippen molar-refractivity contribution in [2.24, 2.45) is 0 Å². The molecule has 2 aliphatic heterocycles. The molecule has 0 amide bonds. The number of nitrogens with zero attached hydrogens (tertiary/aromatic N) is 3. The van der Waals surface area contributed by atoms with Gasteiger partial charge in [-0.1, -0.05) is 303 Å². The Balaban J connectivity index is 0.964. The standard InChI is InChI=1S/C84H60BN3Si2/c1-8-28-61(29-9-1)62-48-50-63(51-49-62)87-81-57-56-73(90(69-36-16-5-17-37-69,70-38-18-6-19-39-70)71-40-20-7-21-41-71)60-77(81)85-76-44-24-27-47-80(76)86(82-58-65(59-83(87)84(82)85)88-78-45-25-22-42-74(78)75-43-23-26-46-79(75)88)64-52-54-72(55-53-64)89(66-30-10-2-11-31-66,67-32-12-3-13-33-67)68-34-14-4-15-35-68/h1-60H. The molecule has 6 heteroatoms. The maximum atomic E-state index is 2.64. The predicted molar refractivity (Wildman–Crippen MR) is 387 cm³/mol. The lowest BCUT2D eigenvalue weighted by Gasteiger charge is -2.45. The van der Waals surface area contributed by atoms with E-state index in [1.165, 1.54) is 102 Å². The highest BCUT2D eigenvalue weighted by molar-refractivity contribution is 7.20. The van der Waals surface area contributed by atoms with E-state index in [1.54, 1.807) is 0 Å². The lowest BCUT2D eigenvalue weighted by molar-refractivity contribution is 1.16. The zero-order valence-corrected chi connectivity index (χ0v) is 51.6.